The van der Waals surface area contributed by atoms with Gasteiger partial charge in [0.05, 0.1) is 7.11 Å². The molecular formula is C25H37NO5. The molecule has 1 heterocycles. The fourth-order valence-corrected chi connectivity index (χ4v) is 4.38. The number of hydrogen-bond acceptors (Lipinski definition) is 6. The van der Waals surface area contributed by atoms with E-state index in [9.17, 15) is 9.59 Å². The van der Waals surface area contributed by atoms with Gasteiger partial charge in [-0.1, -0.05) is 51.1 Å². The Bertz CT molecular complexity index is 779. The predicted molar refractivity (Wildman–Crippen MR) is 120 cm³/mol. The van der Waals surface area contributed by atoms with E-state index in [0.29, 0.717) is 6.42 Å². The van der Waals surface area contributed by atoms with Gasteiger partial charge in [0.2, 0.25) is 0 Å². The number of benzene rings is 1. The second kappa shape index (κ2) is 10.4. The van der Waals surface area contributed by atoms with Crippen LogP contribution in [0.25, 0.3) is 0 Å². The van der Waals surface area contributed by atoms with Gasteiger partial charge in [-0.15, -0.1) is 0 Å². The molecule has 1 fully saturated rings. The highest BCUT2D eigenvalue weighted by Gasteiger charge is 2.55. The van der Waals surface area contributed by atoms with E-state index in [1.54, 1.807) is 0 Å². The summed E-state index contributed by atoms with van der Waals surface area (Å²) in [5.41, 5.74) is 0.453. The number of piperidine rings is 1. The van der Waals surface area contributed by atoms with Crippen molar-refractivity contribution >= 4 is 11.9 Å². The minimum atomic E-state index is -0.583. The van der Waals surface area contributed by atoms with Crippen LogP contribution < -0.4 is 0 Å². The van der Waals surface area contributed by atoms with Crippen molar-refractivity contribution in [1.82, 2.24) is 5.06 Å². The largest absolute Gasteiger partial charge is 0.466 e. The van der Waals surface area contributed by atoms with E-state index in [0.717, 1.165) is 30.6 Å². The van der Waals surface area contributed by atoms with Crippen LogP contribution in [-0.4, -0.2) is 41.3 Å². The Labute approximate surface area is 186 Å². The molecule has 0 N–H and O–H groups in total. The maximum atomic E-state index is 12.4. The molecule has 6 heteroatoms. The van der Waals surface area contributed by atoms with Crippen LogP contribution in [0.5, 0.6) is 0 Å². The van der Waals surface area contributed by atoms with Gasteiger partial charge in [0, 0.05) is 35.6 Å². The number of nitrogens with zero attached hydrogens (tertiary/aromatic N) is 1. The van der Waals surface area contributed by atoms with E-state index < -0.39 is 11.9 Å². The van der Waals surface area contributed by atoms with Crippen LogP contribution >= 0.6 is 0 Å². The number of hydroxylamine groups is 2. The van der Waals surface area contributed by atoms with Gasteiger partial charge in [0.25, 0.3) is 0 Å². The molecular weight excluding hydrogens is 394 g/mol. The predicted octanol–water partition coefficient (Wildman–Crippen LogP) is 5.00. The van der Waals surface area contributed by atoms with Crippen molar-refractivity contribution in [2.75, 3.05) is 7.11 Å². The zero-order valence-corrected chi connectivity index (χ0v) is 19.9. The molecule has 0 bridgehead atoms. The Balaban J connectivity index is 2.28. The summed E-state index contributed by atoms with van der Waals surface area (Å²) in [6, 6.07) is 10.2. The van der Waals surface area contributed by atoms with Crippen molar-refractivity contribution in [1.29, 1.82) is 0 Å². The van der Waals surface area contributed by atoms with Gasteiger partial charge in [0.1, 0.15) is 12.2 Å². The SMILES string of the molecule is CCC1(C)CC(OC(=O)/C=C/C(=O)OC)C(C)C(C)(CC)N1OC(C)c1ccccc1. The van der Waals surface area contributed by atoms with Gasteiger partial charge >= 0.3 is 11.9 Å². The Hall–Kier alpha value is -2.18. The molecule has 0 radical (unpaired) electrons. The van der Waals surface area contributed by atoms with E-state index in [1.165, 1.54) is 7.11 Å². The summed E-state index contributed by atoms with van der Waals surface area (Å²) < 4.78 is 10.4. The van der Waals surface area contributed by atoms with Crippen molar-refractivity contribution in [3.05, 3.63) is 48.0 Å². The number of carbonyl (C=O) groups is 2. The van der Waals surface area contributed by atoms with Gasteiger partial charge < -0.3 is 9.47 Å². The van der Waals surface area contributed by atoms with Crippen molar-refractivity contribution in [3.63, 3.8) is 0 Å². The maximum absolute atomic E-state index is 12.4. The first kappa shape index (κ1) is 25.1. The molecule has 0 spiro atoms. The number of methoxy groups -OCH3 is 1. The average molecular weight is 432 g/mol. The molecule has 1 aromatic rings. The molecule has 1 aliphatic rings. The lowest BCUT2D eigenvalue weighted by atomic mass is 9.69. The first-order chi connectivity index (χ1) is 14.6. The summed E-state index contributed by atoms with van der Waals surface area (Å²) in [6.45, 7) is 12.8. The minimum Gasteiger partial charge on any atom is -0.466 e. The number of hydrogen-bond donors (Lipinski definition) is 0. The van der Waals surface area contributed by atoms with Gasteiger partial charge in [-0.2, -0.15) is 5.06 Å². The van der Waals surface area contributed by atoms with Crippen LogP contribution in [-0.2, 0) is 23.9 Å². The first-order valence-corrected chi connectivity index (χ1v) is 11.1. The summed E-state index contributed by atoms with van der Waals surface area (Å²) in [7, 11) is 1.27. The average Bonchev–Trinajstić information content (AvgIpc) is 2.78. The van der Waals surface area contributed by atoms with Crippen LogP contribution in [0.15, 0.2) is 42.5 Å². The van der Waals surface area contributed by atoms with Crippen LogP contribution in [0.1, 0.15) is 72.5 Å². The summed E-state index contributed by atoms with van der Waals surface area (Å²) in [5, 5.41) is 2.16. The topological polar surface area (TPSA) is 65.1 Å². The van der Waals surface area contributed by atoms with Crippen molar-refractivity contribution in [2.24, 2.45) is 5.92 Å². The molecule has 2 rings (SSSR count). The second-order valence-corrected chi connectivity index (χ2v) is 8.84. The monoisotopic (exact) mass is 431 g/mol. The maximum Gasteiger partial charge on any atom is 0.331 e. The number of esters is 2. The third-order valence-corrected chi connectivity index (χ3v) is 6.97. The highest BCUT2D eigenvalue weighted by molar-refractivity contribution is 5.91. The quantitative estimate of drug-likeness (QED) is 0.426. The summed E-state index contributed by atoms with van der Waals surface area (Å²) in [6.07, 6.45) is 4.12. The lowest BCUT2D eigenvalue weighted by Crippen LogP contribution is -2.68. The lowest BCUT2D eigenvalue weighted by Gasteiger charge is -2.59. The molecule has 31 heavy (non-hydrogen) atoms. The standard InChI is InChI=1S/C25H37NO5/c1-8-24(5)17-21(30-23(28)16-15-22(27)29-7)18(3)25(6,9-2)26(24)31-19(4)20-13-11-10-12-14-20/h10-16,18-19,21H,8-9,17H2,1-7H3/b16-15+. The molecule has 0 aromatic heterocycles. The Morgan fingerprint density at radius 3 is 2.29 bits per heavy atom. The summed E-state index contributed by atoms with van der Waals surface area (Å²) in [4.78, 5) is 30.3. The molecule has 172 valence electrons. The third kappa shape index (κ3) is 5.55. The minimum absolute atomic E-state index is 0.0237. The van der Waals surface area contributed by atoms with Gasteiger partial charge in [-0.05, 0) is 39.2 Å². The van der Waals surface area contributed by atoms with Gasteiger partial charge in [-0.3, -0.25) is 4.84 Å². The zero-order valence-electron chi connectivity index (χ0n) is 19.9. The number of ether oxygens (including phenoxy) is 2. The van der Waals surface area contributed by atoms with Crippen molar-refractivity contribution < 1.29 is 23.9 Å². The van der Waals surface area contributed by atoms with Crippen LogP contribution in [0.4, 0.5) is 0 Å². The third-order valence-electron chi connectivity index (χ3n) is 6.97. The van der Waals surface area contributed by atoms with Gasteiger partial charge in [0.15, 0.2) is 0 Å². The Morgan fingerprint density at radius 1 is 1.13 bits per heavy atom. The summed E-state index contributed by atoms with van der Waals surface area (Å²) >= 11 is 0. The molecule has 5 unspecified atom stereocenters. The highest BCUT2D eigenvalue weighted by Crippen LogP contribution is 2.48. The molecule has 0 saturated carbocycles. The van der Waals surface area contributed by atoms with E-state index in [1.807, 2.05) is 18.2 Å². The first-order valence-electron chi connectivity index (χ1n) is 11.1. The molecule has 5 atom stereocenters. The Kier molecular flexibility index (Phi) is 8.43. The molecule has 6 nitrogen and oxygen atoms in total. The lowest BCUT2D eigenvalue weighted by molar-refractivity contribution is -0.336. The zero-order chi connectivity index (χ0) is 23.2. The number of rotatable bonds is 8. The van der Waals surface area contributed by atoms with Crippen LogP contribution in [0, 0.1) is 5.92 Å². The fourth-order valence-electron chi connectivity index (χ4n) is 4.38. The van der Waals surface area contributed by atoms with Crippen LogP contribution in [0.3, 0.4) is 0 Å². The molecule has 0 amide bonds. The highest BCUT2D eigenvalue weighted by atomic mass is 16.7. The molecule has 1 aliphatic heterocycles. The van der Waals surface area contributed by atoms with E-state index >= 15 is 0 Å². The molecule has 0 aliphatic carbocycles. The second-order valence-electron chi connectivity index (χ2n) is 8.84. The fraction of sp³-hybridized carbons (Fsp3) is 0.600. The van der Waals surface area contributed by atoms with Gasteiger partial charge in [-0.25, -0.2) is 9.59 Å². The molecule has 1 aromatic carbocycles. The Morgan fingerprint density at radius 2 is 1.74 bits per heavy atom. The smallest absolute Gasteiger partial charge is 0.331 e. The number of carbonyl (C=O) groups excluding carboxylic acids is 2. The van der Waals surface area contributed by atoms with E-state index in [4.69, 9.17) is 9.57 Å². The van der Waals surface area contributed by atoms with E-state index in [-0.39, 0.29) is 29.2 Å². The van der Waals surface area contributed by atoms with Crippen molar-refractivity contribution in [2.45, 2.75) is 84.1 Å². The molecule has 1 saturated heterocycles. The van der Waals surface area contributed by atoms with Crippen molar-refractivity contribution in [3.8, 4) is 0 Å². The normalized spacial score (nSPS) is 30.2. The summed E-state index contributed by atoms with van der Waals surface area (Å²) in [5.74, 6) is -1.10. The van der Waals surface area contributed by atoms with E-state index in [2.05, 4.69) is 63.5 Å². The van der Waals surface area contributed by atoms with Crippen LogP contribution in [0.2, 0.25) is 0 Å².